The van der Waals surface area contributed by atoms with E-state index in [4.69, 9.17) is 0 Å². The smallest absolute Gasteiger partial charge is 0.269 e. The Morgan fingerprint density at radius 2 is 1.58 bits per heavy atom. The second kappa shape index (κ2) is 12.4. The number of anilines is 7. The predicted molar refractivity (Wildman–Crippen MR) is 153 cm³/mol. The number of nitrogens with zero attached hydrogens (tertiary/aromatic N) is 3. The SMILES string of the molecule is C=CC(=O)Nc1cccc(Nc2nc(Nc3ccc(Nc4ccnc(C(=O)NC)c4)cc3)ncc2SC)c1. The molecule has 11 heteroatoms. The molecule has 5 N–H and O–H groups in total. The number of carbonyl (C=O) groups excluding carboxylic acids is 2. The van der Waals surface area contributed by atoms with Crippen molar-refractivity contribution < 1.29 is 9.59 Å². The number of rotatable bonds is 10. The number of hydrogen-bond acceptors (Lipinski definition) is 9. The van der Waals surface area contributed by atoms with Crippen LogP contribution in [0.5, 0.6) is 0 Å². The molecule has 0 saturated carbocycles. The van der Waals surface area contributed by atoms with Crippen LogP contribution in [0.1, 0.15) is 10.5 Å². The van der Waals surface area contributed by atoms with Gasteiger partial charge in [-0.2, -0.15) is 4.98 Å². The first-order valence-electron chi connectivity index (χ1n) is 11.5. The molecule has 0 saturated heterocycles. The molecule has 0 fully saturated rings. The summed E-state index contributed by atoms with van der Waals surface area (Å²) in [6, 6.07) is 18.4. The zero-order valence-electron chi connectivity index (χ0n) is 20.8. The van der Waals surface area contributed by atoms with E-state index in [0.29, 0.717) is 23.1 Å². The van der Waals surface area contributed by atoms with Gasteiger partial charge in [-0.05, 0) is 66.9 Å². The summed E-state index contributed by atoms with van der Waals surface area (Å²) in [4.78, 5) is 37.5. The van der Waals surface area contributed by atoms with Gasteiger partial charge in [0.15, 0.2) is 0 Å². The van der Waals surface area contributed by atoms with Crippen LogP contribution in [0.25, 0.3) is 0 Å². The normalized spacial score (nSPS) is 10.3. The molecular formula is C27H26N8O2S. The number of thioether (sulfide) groups is 1. The Balaban J connectivity index is 1.46. The number of pyridine rings is 1. The van der Waals surface area contributed by atoms with Gasteiger partial charge in [-0.3, -0.25) is 14.6 Å². The van der Waals surface area contributed by atoms with Crippen LogP contribution in [-0.2, 0) is 4.79 Å². The molecule has 192 valence electrons. The number of carbonyl (C=O) groups is 2. The number of benzene rings is 2. The molecular weight excluding hydrogens is 500 g/mol. The lowest BCUT2D eigenvalue weighted by Gasteiger charge is -2.13. The molecule has 4 rings (SSSR count). The maximum Gasteiger partial charge on any atom is 0.269 e. The van der Waals surface area contributed by atoms with Crippen molar-refractivity contribution in [3.8, 4) is 0 Å². The fourth-order valence-electron chi connectivity index (χ4n) is 3.37. The van der Waals surface area contributed by atoms with Gasteiger partial charge >= 0.3 is 0 Å². The van der Waals surface area contributed by atoms with Crippen LogP contribution in [0.3, 0.4) is 0 Å². The van der Waals surface area contributed by atoms with E-state index in [0.717, 1.165) is 27.6 Å². The van der Waals surface area contributed by atoms with Crippen LogP contribution in [0.2, 0.25) is 0 Å². The third kappa shape index (κ3) is 6.86. The monoisotopic (exact) mass is 526 g/mol. The summed E-state index contributed by atoms with van der Waals surface area (Å²) in [5.41, 5.74) is 4.13. The van der Waals surface area contributed by atoms with Crippen LogP contribution in [0.4, 0.5) is 40.2 Å². The summed E-state index contributed by atoms with van der Waals surface area (Å²) in [6.07, 6.45) is 6.50. The van der Waals surface area contributed by atoms with Gasteiger partial charge in [0.05, 0.1) is 4.90 Å². The molecule has 10 nitrogen and oxygen atoms in total. The molecule has 4 aromatic rings. The Kier molecular flexibility index (Phi) is 8.52. The fourth-order valence-corrected chi connectivity index (χ4v) is 3.82. The lowest BCUT2D eigenvalue weighted by atomic mass is 10.2. The minimum absolute atomic E-state index is 0.248. The first-order chi connectivity index (χ1) is 18.5. The summed E-state index contributed by atoms with van der Waals surface area (Å²) >= 11 is 1.52. The minimum atomic E-state index is -0.281. The third-order valence-electron chi connectivity index (χ3n) is 5.20. The zero-order valence-corrected chi connectivity index (χ0v) is 21.6. The van der Waals surface area contributed by atoms with E-state index in [1.807, 2.05) is 48.7 Å². The topological polar surface area (TPSA) is 133 Å². The van der Waals surface area contributed by atoms with Crippen molar-refractivity contribution >= 4 is 63.8 Å². The highest BCUT2D eigenvalue weighted by Gasteiger charge is 2.09. The molecule has 38 heavy (non-hydrogen) atoms. The van der Waals surface area contributed by atoms with Crippen molar-refractivity contribution in [1.29, 1.82) is 0 Å². The van der Waals surface area contributed by atoms with Gasteiger partial charge in [0.2, 0.25) is 11.9 Å². The highest BCUT2D eigenvalue weighted by atomic mass is 32.2. The molecule has 0 bridgehead atoms. The highest BCUT2D eigenvalue weighted by molar-refractivity contribution is 7.98. The molecule has 2 amide bonds. The van der Waals surface area contributed by atoms with Crippen molar-refractivity contribution in [3.05, 3.63) is 91.4 Å². The molecule has 0 atom stereocenters. The van der Waals surface area contributed by atoms with Crippen LogP contribution < -0.4 is 26.6 Å². The molecule has 0 aliphatic rings. The number of hydrogen-bond donors (Lipinski definition) is 5. The van der Waals surface area contributed by atoms with E-state index in [1.54, 1.807) is 37.6 Å². The van der Waals surface area contributed by atoms with E-state index >= 15 is 0 Å². The molecule has 2 heterocycles. The van der Waals surface area contributed by atoms with Crippen LogP contribution >= 0.6 is 11.8 Å². The van der Waals surface area contributed by atoms with Gasteiger partial charge in [-0.25, -0.2) is 4.98 Å². The molecule has 0 aliphatic carbocycles. The minimum Gasteiger partial charge on any atom is -0.355 e. The van der Waals surface area contributed by atoms with Crippen LogP contribution in [-0.4, -0.2) is 40.1 Å². The third-order valence-corrected chi connectivity index (χ3v) is 5.94. The van der Waals surface area contributed by atoms with Gasteiger partial charge in [0.1, 0.15) is 11.5 Å². The maximum atomic E-state index is 11.8. The summed E-state index contributed by atoms with van der Waals surface area (Å²) in [7, 11) is 1.57. The van der Waals surface area contributed by atoms with Crippen LogP contribution in [0, 0.1) is 0 Å². The van der Waals surface area contributed by atoms with E-state index in [9.17, 15) is 9.59 Å². The summed E-state index contributed by atoms with van der Waals surface area (Å²) in [6.45, 7) is 3.48. The molecule has 0 unspecified atom stereocenters. The largest absolute Gasteiger partial charge is 0.355 e. The molecule has 0 spiro atoms. The van der Waals surface area contributed by atoms with E-state index < -0.39 is 0 Å². The van der Waals surface area contributed by atoms with Gasteiger partial charge < -0.3 is 26.6 Å². The summed E-state index contributed by atoms with van der Waals surface area (Å²) < 4.78 is 0. The van der Waals surface area contributed by atoms with E-state index in [-0.39, 0.29) is 11.8 Å². The number of aromatic nitrogens is 3. The summed E-state index contributed by atoms with van der Waals surface area (Å²) in [5, 5.41) is 15.1. The lowest BCUT2D eigenvalue weighted by molar-refractivity contribution is -0.111. The Morgan fingerprint density at radius 3 is 2.29 bits per heavy atom. The summed E-state index contributed by atoms with van der Waals surface area (Å²) in [5.74, 6) is 0.523. The Morgan fingerprint density at radius 1 is 0.868 bits per heavy atom. The Hall–Kier alpha value is -4.90. The maximum absolute atomic E-state index is 11.8. The first kappa shape index (κ1) is 26.2. The average Bonchev–Trinajstić information content (AvgIpc) is 2.94. The lowest BCUT2D eigenvalue weighted by Crippen LogP contribution is -2.19. The molecule has 2 aromatic heterocycles. The zero-order chi connectivity index (χ0) is 26.9. The van der Waals surface area contributed by atoms with Crippen molar-refractivity contribution in [1.82, 2.24) is 20.3 Å². The van der Waals surface area contributed by atoms with Gasteiger partial charge in [0.25, 0.3) is 5.91 Å². The molecule has 2 aromatic carbocycles. The fraction of sp³-hybridized carbons (Fsp3) is 0.0741. The van der Waals surface area contributed by atoms with Gasteiger partial charge in [-0.15, -0.1) is 11.8 Å². The van der Waals surface area contributed by atoms with Crippen molar-refractivity contribution in [2.75, 3.05) is 34.6 Å². The quantitative estimate of drug-likeness (QED) is 0.138. The second-order valence-corrected chi connectivity index (χ2v) is 8.69. The Labute approximate surface area is 224 Å². The van der Waals surface area contributed by atoms with Crippen LogP contribution in [0.15, 0.2) is 90.6 Å². The van der Waals surface area contributed by atoms with Crippen molar-refractivity contribution in [3.63, 3.8) is 0 Å². The standard InChI is InChI=1S/C27H26N8O2S/c1-4-24(36)32-19-6-5-7-20(14-19)33-25-23(38-3)16-30-27(35-25)34-18-10-8-17(9-11-18)31-21-12-13-29-22(15-21)26(37)28-2/h4-16H,1H2,2-3H3,(H,28,37)(H,29,31)(H,32,36)(H2,30,33,34,35). The van der Waals surface area contributed by atoms with Gasteiger partial charge in [0, 0.05) is 47.9 Å². The average molecular weight is 527 g/mol. The Bertz CT molecular complexity index is 1460. The predicted octanol–water partition coefficient (Wildman–Crippen LogP) is 5.31. The van der Waals surface area contributed by atoms with E-state index in [1.165, 1.54) is 17.8 Å². The van der Waals surface area contributed by atoms with E-state index in [2.05, 4.69) is 48.1 Å². The van der Waals surface area contributed by atoms with Crippen molar-refractivity contribution in [2.45, 2.75) is 4.90 Å². The second-order valence-electron chi connectivity index (χ2n) is 7.85. The van der Waals surface area contributed by atoms with Gasteiger partial charge in [-0.1, -0.05) is 12.6 Å². The van der Waals surface area contributed by atoms with Crippen molar-refractivity contribution in [2.24, 2.45) is 0 Å². The first-order valence-corrected chi connectivity index (χ1v) is 12.7. The number of nitrogens with one attached hydrogen (secondary N) is 5. The molecule has 0 aliphatic heterocycles. The number of amides is 2. The highest BCUT2D eigenvalue weighted by Crippen LogP contribution is 2.29. The molecule has 0 radical (unpaired) electrons.